The van der Waals surface area contributed by atoms with Gasteiger partial charge < -0.3 is 0 Å². The summed E-state index contributed by atoms with van der Waals surface area (Å²) >= 11 is 0. The van der Waals surface area contributed by atoms with Gasteiger partial charge in [0.2, 0.25) is 0 Å². The highest BCUT2D eigenvalue weighted by Crippen LogP contribution is 2.17. The summed E-state index contributed by atoms with van der Waals surface area (Å²) in [5.74, 6) is -0.326. The van der Waals surface area contributed by atoms with Crippen molar-refractivity contribution in [1.29, 1.82) is 0 Å². The molecule has 0 saturated carbocycles. The maximum absolute atomic E-state index is 13.0. The zero-order chi connectivity index (χ0) is 11.5. The Hall–Kier alpha value is -2.03. The highest BCUT2D eigenvalue weighted by atomic mass is 19.1. The first-order valence-corrected chi connectivity index (χ1v) is 4.90. The maximum atomic E-state index is 13.0. The summed E-state index contributed by atoms with van der Waals surface area (Å²) in [5, 5.41) is 0. The molecule has 16 heavy (non-hydrogen) atoms. The van der Waals surface area contributed by atoms with Gasteiger partial charge in [0, 0.05) is 17.3 Å². The van der Waals surface area contributed by atoms with E-state index in [0.29, 0.717) is 16.8 Å². The van der Waals surface area contributed by atoms with Crippen molar-refractivity contribution in [2.45, 2.75) is 6.92 Å². The van der Waals surface area contributed by atoms with E-state index in [1.807, 2.05) is 0 Å². The van der Waals surface area contributed by atoms with Crippen molar-refractivity contribution in [3.8, 4) is 11.3 Å². The summed E-state index contributed by atoms with van der Waals surface area (Å²) in [7, 11) is 0. The smallest absolute Gasteiger partial charge is 0.161 e. The summed E-state index contributed by atoms with van der Waals surface area (Å²) in [4.78, 5) is 15.2. The van der Waals surface area contributed by atoms with Crippen molar-refractivity contribution in [3.63, 3.8) is 0 Å². The fourth-order valence-electron chi connectivity index (χ4n) is 1.42. The number of benzene rings is 1. The van der Waals surface area contributed by atoms with Crippen LogP contribution in [0.2, 0.25) is 0 Å². The molecule has 0 aliphatic carbocycles. The van der Waals surface area contributed by atoms with Gasteiger partial charge in [-0.1, -0.05) is 12.1 Å². The molecule has 0 radical (unpaired) electrons. The number of pyridine rings is 1. The van der Waals surface area contributed by atoms with Crippen LogP contribution in [0.4, 0.5) is 4.39 Å². The molecule has 0 bridgehead atoms. The average Bonchev–Trinajstić information content (AvgIpc) is 2.29. The molecule has 0 amide bonds. The Morgan fingerprint density at radius 1 is 1.25 bits per heavy atom. The van der Waals surface area contributed by atoms with E-state index in [-0.39, 0.29) is 11.6 Å². The lowest BCUT2D eigenvalue weighted by molar-refractivity contribution is 0.101. The Labute approximate surface area is 92.8 Å². The van der Waals surface area contributed by atoms with Crippen molar-refractivity contribution in [2.24, 2.45) is 0 Å². The molecule has 2 rings (SSSR count). The van der Waals surface area contributed by atoms with Gasteiger partial charge in [0.15, 0.2) is 5.78 Å². The van der Waals surface area contributed by atoms with Crippen LogP contribution in [-0.4, -0.2) is 10.8 Å². The summed E-state index contributed by atoms with van der Waals surface area (Å²) in [6.45, 7) is 1.48. The molecule has 0 spiro atoms. The quantitative estimate of drug-likeness (QED) is 0.720. The van der Waals surface area contributed by atoms with Crippen molar-refractivity contribution in [2.75, 3.05) is 0 Å². The van der Waals surface area contributed by atoms with Gasteiger partial charge in [0.05, 0.1) is 5.69 Å². The van der Waals surface area contributed by atoms with Crippen LogP contribution in [0, 0.1) is 5.82 Å². The van der Waals surface area contributed by atoms with Crippen LogP contribution in [0.3, 0.4) is 0 Å². The first-order valence-electron chi connectivity index (χ1n) is 4.90. The van der Waals surface area contributed by atoms with E-state index < -0.39 is 0 Å². The minimum absolute atomic E-state index is 0.0294. The first-order chi connectivity index (χ1) is 7.66. The van der Waals surface area contributed by atoms with Crippen molar-refractivity contribution >= 4 is 5.78 Å². The lowest BCUT2D eigenvalue weighted by Gasteiger charge is -2.01. The third-order valence-electron chi connectivity index (χ3n) is 2.29. The van der Waals surface area contributed by atoms with Gasteiger partial charge in [0.1, 0.15) is 5.82 Å². The zero-order valence-electron chi connectivity index (χ0n) is 8.77. The van der Waals surface area contributed by atoms with Crippen molar-refractivity contribution in [3.05, 3.63) is 54.0 Å². The third kappa shape index (κ3) is 2.14. The molecule has 1 aromatic carbocycles. The number of aromatic nitrogens is 1. The Balaban J connectivity index is 2.38. The second kappa shape index (κ2) is 4.23. The number of hydrogen-bond donors (Lipinski definition) is 0. The highest BCUT2D eigenvalue weighted by molar-refractivity contribution is 5.93. The lowest BCUT2D eigenvalue weighted by Crippen LogP contribution is -1.93. The van der Waals surface area contributed by atoms with E-state index in [0.717, 1.165) is 0 Å². The molecule has 0 fully saturated rings. The highest BCUT2D eigenvalue weighted by Gasteiger charge is 2.03. The van der Waals surface area contributed by atoms with Crippen LogP contribution in [0.15, 0.2) is 42.6 Å². The summed E-state index contributed by atoms with van der Waals surface area (Å²) in [6, 6.07) is 9.61. The standard InChI is InChI=1S/C13H10FNO/c1-9(16)11-5-6-13(15-8-11)10-3-2-4-12(14)7-10/h2-8H,1H3. The van der Waals surface area contributed by atoms with Gasteiger partial charge in [-0.05, 0) is 31.2 Å². The van der Waals surface area contributed by atoms with Gasteiger partial charge >= 0.3 is 0 Å². The predicted molar refractivity (Wildman–Crippen MR) is 59.6 cm³/mol. The molecule has 80 valence electrons. The number of halogens is 1. The molecule has 0 unspecified atom stereocenters. The lowest BCUT2D eigenvalue weighted by atomic mass is 10.1. The SMILES string of the molecule is CC(=O)c1ccc(-c2cccc(F)c2)nc1. The zero-order valence-corrected chi connectivity index (χ0v) is 8.77. The fourth-order valence-corrected chi connectivity index (χ4v) is 1.42. The van der Waals surface area contributed by atoms with Gasteiger partial charge in [-0.2, -0.15) is 0 Å². The van der Waals surface area contributed by atoms with Crippen molar-refractivity contribution < 1.29 is 9.18 Å². The molecule has 0 N–H and O–H groups in total. The second-order valence-corrected chi connectivity index (χ2v) is 3.50. The Morgan fingerprint density at radius 3 is 2.62 bits per heavy atom. The molecular formula is C13H10FNO. The van der Waals surface area contributed by atoms with Gasteiger partial charge in [-0.3, -0.25) is 9.78 Å². The average molecular weight is 215 g/mol. The van der Waals surface area contributed by atoms with E-state index in [2.05, 4.69) is 4.98 Å². The van der Waals surface area contributed by atoms with Crippen LogP contribution in [-0.2, 0) is 0 Å². The van der Waals surface area contributed by atoms with Crippen molar-refractivity contribution in [1.82, 2.24) is 4.98 Å². The number of carbonyl (C=O) groups is 1. The number of ketones is 1. The molecule has 1 aromatic heterocycles. The summed E-state index contributed by atoms with van der Waals surface area (Å²) < 4.78 is 13.0. The number of hydrogen-bond acceptors (Lipinski definition) is 2. The fraction of sp³-hybridized carbons (Fsp3) is 0.0769. The second-order valence-electron chi connectivity index (χ2n) is 3.50. The maximum Gasteiger partial charge on any atom is 0.161 e. The monoisotopic (exact) mass is 215 g/mol. The molecule has 0 saturated heterocycles. The first kappa shape index (κ1) is 10.5. The third-order valence-corrected chi connectivity index (χ3v) is 2.29. The molecule has 3 heteroatoms. The Bertz CT molecular complexity index is 520. The molecule has 0 aliphatic rings. The van der Waals surface area contributed by atoms with Gasteiger partial charge in [-0.25, -0.2) is 4.39 Å². The topological polar surface area (TPSA) is 30.0 Å². The predicted octanol–water partition coefficient (Wildman–Crippen LogP) is 3.09. The van der Waals surface area contributed by atoms with Crippen LogP contribution in [0.1, 0.15) is 17.3 Å². The van der Waals surface area contributed by atoms with E-state index in [1.165, 1.54) is 25.3 Å². The van der Waals surface area contributed by atoms with E-state index >= 15 is 0 Å². The van der Waals surface area contributed by atoms with Crippen LogP contribution >= 0.6 is 0 Å². The Kier molecular flexibility index (Phi) is 2.77. The van der Waals surface area contributed by atoms with Crippen LogP contribution in [0.5, 0.6) is 0 Å². The van der Waals surface area contributed by atoms with Gasteiger partial charge in [-0.15, -0.1) is 0 Å². The molecule has 2 nitrogen and oxygen atoms in total. The summed E-state index contributed by atoms with van der Waals surface area (Å²) in [5.41, 5.74) is 1.92. The van der Waals surface area contributed by atoms with Crippen LogP contribution in [0.25, 0.3) is 11.3 Å². The molecule has 0 aliphatic heterocycles. The minimum atomic E-state index is -0.296. The largest absolute Gasteiger partial charge is 0.294 e. The van der Waals surface area contributed by atoms with E-state index in [4.69, 9.17) is 0 Å². The van der Waals surface area contributed by atoms with Crippen LogP contribution < -0.4 is 0 Å². The number of nitrogens with zero attached hydrogens (tertiary/aromatic N) is 1. The summed E-state index contributed by atoms with van der Waals surface area (Å²) in [6.07, 6.45) is 1.50. The number of Topliss-reactive ketones (excluding diaryl/α,β-unsaturated/α-hetero) is 1. The molecular weight excluding hydrogens is 205 g/mol. The molecule has 2 aromatic rings. The number of rotatable bonds is 2. The van der Waals surface area contributed by atoms with E-state index in [9.17, 15) is 9.18 Å². The number of carbonyl (C=O) groups excluding carboxylic acids is 1. The minimum Gasteiger partial charge on any atom is -0.294 e. The van der Waals surface area contributed by atoms with E-state index in [1.54, 1.807) is 24.3 Å². The normalized spacial score (nSPS) is 10.1. The molecule has 0 atom stereocenters. The molecule has 1 heterocycles. The van der Waals surface area contributed by atoms with Gasteiger partial charge in [0.25, 0.3) is 0 Å². The Morgan fingerprint density at radius 2 is 2.06 bits per heavy atom.